The Labute approximate surface area is 129 Å². The van der Waals surface area contributed by atoms with Crippen molar-refractivity contribution < 1.29 is 9.32 Å². The average molecular weight is 299 g/mol. The van der Waals surface area contributed by atoms with Crippen LogP contribution in [0.5, 0.6) is 0 Å². The quantitative estimate of drug-likeness (QED) is 0.925. The van der Waals surface area contributed by atoms with Crippen LogP contribution in [-0.4, -0.2) is 40.6 Å². The van der Waals surface area contributed by atoms with Crippen molar-refractivity contribution in [2.24, 2.45) is 5.92 Å². The normalized spacial score (nSPS) is 29.6. The summed E-state index contributed by atoms with van der Waals surface area (Å²) in [5, 5.41) is 7.98. The number of carbonyl (C=O) groups is 1. The molecule has 1 N–H and O–H groups in total. The van der Waals surface area contributed by atoms with E-state index >= 15 is 0 Å². The fourth-order valence-electron chi connectivity index (χ4n) is 4.14. The summed E-state index contributed by atoms with van der Waals surface area (Å²) in [6.45, 7) is 6.72. The van der Waals surface area contributed by atoms with Gasteiger partial charge in [0.05, 0.1) is 5.39 Å². The summed E-state index contributed by atoms with van der Waals surface area (Å²) in [5.41, 5.74) is 1.04. The highest BCUT2D eigenvalue weighted by molar-refractivity contribution is 6.04. The van der Waals surface area contributed by atoms with Crippen LogP contribution in [0.3, 0.4) is 0 Å². The number of piperidine rings is 3. The lowest BCUT2D eigenvalue weighted by Crippen LogP contribution is -2.69. The van der Waals surface area contributed by atoms with Gasteiger partial charge < -0.3 is 9.84 Å². The van der Waals surface area contributed by atoms with E-state index in [1.54, 1.807) is 0 Å². The van der Waals surface area contributed by atoms with Crippen LogP contribution in [0.25, 0.3) is 11.0 Å². The summed E-state index contributed by atoms with van der Waals surface area (Å²) in [6, 6.07) is 7.65. The fraction of sp³-hybridized carbons (Fsp3) is 0.529. The first-order valence-corrected chi connectivity index (χ1v) is 7.98. The summed E-state index contributed by atoms with van der Waals surface area (Å²) in [5.74, 6) is 0.430. The molecule has 2 bridgehead atoms. The Morgan fingerprint density at radius 2 is 2.05 bits per heavy atom. The average Bonchev–Trinajstić information content (AvgIpc) is 2.95. The van der Waals surface area contributed by atoms with Crippen LogP contribution < -0.4 is 5.32 Å². The predicted molar refractivity (Wildman–Crippen MR) is 83.6 cm³/mol. The summed E-state index contributed by atoms with van der Waals surface area (Å²) < 4.78 is 5.25. The highest BCUT2D eigenvalue weighted by atomic mass is 16.5. The number of aromatic nitrogens is 1. The lowest BCUT2D eigenvalue weighted by Gasteiger charge is -2.56. The molecular formula is C17H21N3O2. The van der Waals surface area contributed by atoms with Crippen LogP contribution in [0.15, 0.2) is 28.8 Å². The molecule has 1 unspecified atom stereocenters. The van der Waals surface area contributed by atoms with Crippen molar-refractivity contribution in [3.05, 3.63) is 30.0 Å². The molecule has 1 amide bonds. The molecule has 0 saturated carbocycles. The maximum absolute atomic E-state index is 12.7. The van der Waals surface area contributed by atoms with Crippen LogP contribution >= 0.6 is 0 Å². The lowest BCUT2D eigenvalue weighted by atomic mass is 9.72. The Morgan fingerprint density at radius 1 is 1.32 bits per heavy atom. The van der Waals surface area contributed by atoms with Crippen LogP contribution in [0.4, 0.5) is 0 Å². The summed E-state index contributed by atoms with van der Waals surface area (Å²) in [7, 11) is 0. The standard InChI is InChI=1S/C17H21N3O2/c1-17(2)15(11-7-9-20(17)10-8-11)18-16(21)14-12-5-3-4-6-13(12)22-19-14/h3-6,11,15H,7-10H2,1-2H3,(H,18,21). The van der Waals surface area contributed by atoms with Crippen LogP contribution in [0, 0.1) is 5.92 Å². The second kappa shape index (κ2) is 4.81. The molecule has 0 spiro atoms. The van der Waals surface area contributed by atoms with Gasteiger partial charge in [-0.2, -0.15) is 0 Å². The largest absolute Gasteiger partial charge is 0.355 e. The number of para-hydroxylation sites is 1. The Morgan fingerprint density at radius 3 is 2.77 bits per heavy atom. The SMILES string of the molecule is CC1(C)C(NC(=O)c2noc3ccccc23)C2CCN1CC2. The van der Waals surface area contributed by atoms with Crippen molar-refractivity contribution >= 4 is 16.9 Å². The highest BCUT2D eigenvalue weighted by Crippen LogP contribution is 2.39. The first-order chi connectivity index (χ1) is 10.6. The van der Waals surface area contributed by atoms with Gasteiger partial charge in [-0.05, 0) is 57.8 Å². The Bertz CT molecular complexity index is 714. The van der Waals surface area contributed by atoms with E-state index in [2.05, 4.69) is 29.2 Å². The molecular weight excluding hydrogens is 278 g/mol. The molecule has 1 aromatic heterocycles. The molecule has 3 saturated heterocycles. The van der Waals surface area contributed by atoms with E-state index in [9.17, 15) is 4.79 Å². The Kier molecular flexibility index (Phi) is 3.01. The van der Waals surface area contributed by atoms with Crippen LogP contribution in [0.1, 0.15) is 37.2 Å². The Balaban J connectivity index is 1.62. The smallest absolute Gasteiger partial charge is 0.274 e. The van der Waals surface area contributed by atoms with E-state index in [-0.39, 0.29) is 17.5 Å². The zero-order chi connectivity index (χ0) is 15.3. The molecule has 116 valence electrons. The number of hydrogen-bond acceptors (Lipinski definition) is 4. The molecule has 3 aliphatic heterocycles. The molecule has 0 radical (unpaired) electrons. The van der Waals surface area contributed by atoms with Gasteiger partial charge in [0, 0.05) is 11.6 Å². The van der Waals surface area contributed by atoms with Crippen molar-refractivity contribution in [2.45, 2.75) is 38.3 Å². The lowest BCUT2D eigenvalue weighted by molar-refractivity contribution is -0.0378. The van der Waals surface area contributed by atoms with E-state index in [0.717, 1.165) is 31.3 Å². The van der Waals surface area contributed by atoms with Gasteiger partial charge in [0.15, 0.2) is 11.3 Å². The van der Waals surface area contributed by atoms with Gasteiger partial charge in [0.25, 0.3) is 5.91 Å². The van der Waals surface area contributed by atoms with Gasteiger partial charge in [0.2, 0.25) is 0 Å². The number of fused-ring (bicyclic) bond motifs is 4. The second-order valence-electron chi connectivity index (χ2n) is 6.96. The van der Waals surface area contributed by atoms with Gasteiger partial charge in [-0.15, -0.1) is 0 Å². The van der Waals surface area contributed by atoms with Crippen molar-refractivity contribution in [1.29, 1.82) is 0 Å². The van der Waals surface area contributed by atoms with Gasteiger partial charge in [-0.25, -0.2) is 0 Å². The molecule has 1 atom stereocenters. The first kappa shape index (κ1) is 13.8. The third kappa shape index (κ3) is 1.96. The number of carbonyl (C=O) groups excluding carboxylic acids is 1. The van der Waals surface area contributed by atoms with Gasteiger partial charge in [0.1, 0.15) is 0 Å². The monoisotopic (exact) mass is 299 g/mol. The molecule has 5 nitrogen and oxygen atoms in total. The molecule has 5 rings (SSSR count). The zero-order valence-corrected chi connectivity index (χ0v) is 13.0. The minimum atomic E-state index is -0.128. The minimum Gasteiger partial charge on any atom is -0.355 e. The van der Waals surface area contributed by atoms with Crippen molar-refractivity contribution in [2.75, 3.05) is 13.1 Å². The molecule has 5 heteroatoms. The van der Waals surface area contributed by atoms with E-state index in [1.807, 2.05) is 24.3 Å². The molecule has 2 aromatic rings. The van der Waals surface area contributed by atoms with Crippen molar-refractivity contribution in [3.63, 3.8) is 0 Å². The molecule has 4 heterocycles. The number of nitrogens with one attached hydrogen (secondary N) is 1. The van der Waals surface area contributed by atoms with Crippen LogP contribution in [0.2, 0.25) is 0 Å². The second-order valence-corrected chi connectivity index (χ2v) is 6.96. The predicted octanol–water partition coefficient (Wildman–Crippen LogP) is 2.43. The van der Waals surface area contributed by atoms with E-state index in [0.29, 0.717) is 17.2 Å². The van der Waals surface area contributed by atoms with E-state index < -0.39 is 0 Å². The van der Waals surface area contributed by atoms with Gasteiger partial charge >= 0.3 is 0 Å². The van der Waals surface area contributed by atoms with E-state index in [1.165, 1.54) is 0 Å². The summed E-state index contributed by atoms with van der Waals surface area (Å²) in [4.78, 5) is 15.2. The van der Waals surface area contributed by atoms with Crippen LogP contribution in [-0.2, 0) is 0 Å². The van der Waals surface area contributed by atoms with E-state index in [4.69, 9.17) is 4.52 Å². The maximum atomic E-state index is 12.7. The Hall–Kier alpha value is -1.88. The first-order valence-electron chi connectivity index (χ1n) is 7.98. The molecule has 22 heavy (non-hydrogen) atoms. The minimum absolute atomic E-state index is 0.00361. The number of rotatable bonds is 2. The number of amides is 1. The number of hydrogen-bond donors (Lipinski definition) is 1. The van der Waals surface area contributed by atoms with Gasteiger partial charge in [-0.1, -0.05) is 17.3 Å². The molecule has 0 aliphatic carbocycles. The highest BCUT2D eigenvalue weighted by Gasteiger charge is 2.48. The third-order valence-electron chi connectivity index (χ3n) is 5.47. The molecule has 1 aromatic carbocycles. The zero-order valence-electron chi connectivity index (χ0n) is 13.0. The molecule has 3 fully saturated rings. The van der Waals surface area contributed by atoms with Crippen molar-refractivity contribution in [3.8, 4) is 0 Å². The summed E-state index contributed by atoms with van der Waals surface area (Å²) in [6.07, 6.45) is 2.32. The fourth-order valence-corrected chi connectivity index (χ4v) is 4.14. The summed E-state index contributed by atoms with van der Waals surface area (Å²) >= 11 is 0. The number of benzene rings is 1. The van der Waals surface area contributed by atoms with Crippen molar-refractivity contribution in [1.82, 2.24) is 15.4 Å². The number of nitrogens with zero attached hydrogens (tertiary/aromatic N) is 2. The maximum Gasteiger partial charge on any atom is 0.274 e. The van der Waals surface area contributed by atoms with Gasteiger partial charge in [-0.3, -0.25) is 9.69 Å². The molecule has 3 aliphatic rings. The third-order valence-corrected chi connectivity index (χ3v) is 5.47. The topological polar surface area (TPSA) is 58.4 Å².